The first kappa shape index (κ1) is 16.0. The molecule has 0 amide bonds. The number of hydrogen-bond donors (Lipinski definition) is 1. The van der Waals surface area contributed by atoms with Crippen molar-refractivity contribution in [3.63, 3.8) is 0 Å². The van der Waals surface area contributed by atoms with Crippen LogP contribution in [0.25, 0.3) is 0 Å². The van der Waals surface area contributed by atoms with Crippen molar-refractivity contribution in [2.45, 2.75) is 6.54 Å². The normalized spacial score (nSPS) is 10.5. The summed E-state index contributed by atoms with van der Waals surface area (Å²) in [5.74, 6) is 0.646. The lowest BCUT2D eigenvalue weighted by Gasteiger charge is -2.11. The molecule has 0 aliphatic rings. The van der Waals surface area contributed by atoms with E-state index in [9.17, 15) is 10.1 Å². The maximum Gasteiger partial charge on any atom is 0.272 e. The fraction of sp³-hybridized carbons (Fsp3) is 0.0769. The number of nitrogens with zero attached hydrogens (tertiary/aromatic N) is 1. The molecule has 2 N–H and O–H groups in total. The van der Waals surface area contributed by atoms with Gasteiger partial charge in [-0.25, -0.2) is 0 Å². The first-order valence-corrected chi connectivity index (χ1v) is 7.27. The molecule has 0 bridgehead atoms. The Morgan fingerprint density at radius 1 is 1.24 bits per heavy atom. The number of rotatable bonds is 4. The van der Waals surface area contributed by atoms with E-state index in [1.165, 1.54) is 12.1 Å². The van der Waals surface area contributed by atoms with Gasteiger partial charge < -0.3 is 10.5 Å². The van der Waals surface area contributed by atoms with Gasteiger partial charge in [0, 0.05) is 23.2 Å². The lowest BCUT2D eigenvalue weighted by Crippen LogP contribution is -1.97. The third-order valence-corrected chi connectivity index (χ3v) is 3.96. The average molecular weight is 392 g/mol. The molecule has 21 heavy (non-hydrogen) atoms. The van der Waals surface area contributed by atoms with E-state index in [0.29, 0.717) is 12.3 Å². The molecule has 0 aliphatic carbocycles. The van der Waals surface area contributed by atoms with Crippen LogP contribution in [0.1, 0.15) is 5.56 Å². The molecule has 2 rings (SSSR count). The monoisotopic (exact) mass is 390 g/mol. The summed E-state index contributed by atoms with van der Waals surface area (Å²) in [7, 11) is 0. The largest absolute Gasteiger partial charge is 0.454 e. The third kappa shape index (κ3) is 3.65. The molecule has 0 spiro atoms. The van der Waals surface area contributed by atoms with E-state index in [-0.39, 0.29) is 21.5 Å². The van der Waals surface area contributed by atoms with Crippen molar-refractivity contribution in [2.75, 3.05) is 0 Å². The van der Waals surface area contributed by atoms with Gasteiger partial charge in [-0.1, -0.05) is 45.2 Å². The number of halogens is 3. The molecule has 2 aromatic carbocycles. The minimum absolute atomic E-state index is 0.0632. The van der Waals surface area contributed by atoms with Gasteiger partial charge in [0.1, 0.15) is 5.75 Å². The van der Waals surface area contributed by atoms with Crippen LogP contribution in [0.2, 0.25) is 10.0 Å². The Kier molecular flexibility index (Phi) is 5.05. The quantitative estimate of drug-likeness (QED) is 0.592. The number of non-ortho nitro benzene ring substituents is 1. The third-order valence-electron chi connectivity index (χ3n) is 2.66. The van der Waals surface area contributed by atoms with E-state index in [0.717, 1.165) is 10.0 Å². The van der Waals surface area contributed by atoms with E-state index in [1.54, 1.807) is 18.2 Å². The molecule has 0 unspecified atom stereocenters. The highest BCUT2D eigenvalue weighted by Crippen LogP contribution is 2.40. The predicted molar refractivity (Wildman–Crippen MR) is 85.2 cm³/mol. The number of ether oxygens (including phenoxy) is 1. The SMILES string of the molecule is NCc1ccc(Oc2c(Cl)cc([N+](=O)[O-])cc2Cl)cc1Br. The number of benzene rings is 2. The molecule has 5 nitrogen and oxygen atoms in total. The highest BCUT2D eigenvalue weighted by molar-refractivity contribution is 9.10. The van der Waals surface area contributed by atoms with Crippen LogP contribution in [0.15, 0.2) is 34.8 Å². The Labute approximate surface area is 138 Å². The molecule has 0 radical (unpaired) electrons. The van der Waals surface area contributed by atoms with Crippen LogP contribution in [0, 0.1) is 10.1 Å². The van der Waals surface area contributed by atoms with Crippen LogP contribution in [-0.4, -0.2) is 4.92 Å². The standard InChI is InChI=1S/C13H9BrCl2N2O3/c14-10-5-9(2-1-7(10)6-17)21-13-11(15)3-8(18(19)20)4-12(13)16/h1-5H,6,17H2. The number of nitro benzene ring substituents is 1. The van der Waals surface area contributed by atoms with Crippen LogP contribution < -0.4 is 10.5 Å². The molecule has 0 saturated heterocycles. The highest BCUT2D eigenvalue weighted by Gasteiger charge is 2.16. The molecule has 0 aromatic heterocycles. The van der Waals surface area contributed by atoms with Crippen LogP contribution in [0.4, 0.5) is 5.69 Å². The first-order valence-electron chi connectivity index (χ1n) is 5.72. The maximum absolute atomic E-state index is 10.7. The molecule has 110 valence electrons. The van der Waals surface area contributed by atoms with Crippen LogP contribution in [0.3, 0.4) is 0 Å². The van der Waals surface area contributed by atoms with Crippen LogP contribution in [-0.2, 0) is 6.54 Å². The summed E-state index contributed by atoms with van der Waals surface area (Å²) in [4.78, 5) is 10.1. The average Bonchev–Trinajstić information content (AvgIpc) is 2.42. The van der Waals surface area contributed by atoms with E-state index in [4.69, 9.17) is 33.7 Å². The van der Waals surface area contributed by atoms with Crippen molar-refractivity contribution in [2.24, 2.45) is 5.73 Å². The lowest BCUT2D eigenvalue weighted by atomic mass is 10.2. The molecule has 0 atom stereocenters. The minimum Gasteiger partial charge on any atom is -0.454 e. The Balaban J connectivity index is 2.35. The number of nitro groups is 1. The van der Waals surface area contributed by atoms with Gasteiger partial charge in [0.15, 0.2) is 5.75 Å². The van der Waals surface area contributed by atoms with Crippen molar-refractivity contribution >= 4 is 44.8 Å². The zero-order chi connectivity index (χ0) is 15.6. The second-order valence-corrected chi connectivity index (χ2v) is 5.72. The Morgan fingerprint density at radius 2 is 1.86 bits per heavy atom. The van der Waals surface area contributed by atoms with Crippen molar-refractivity contribution in [3.8, 4) is 11.5 Å². The minimum atomic E-state index is -0.575. The van der Waals surface area contributed by atoms with Crippen molar-refractivity contribution in [1.82, 2.24) is 0 Å². The van der Waals surface area contributed by atoms with E-state index in [2.05, 4.69) is 15.9 Å². The van der Waals surface area contributed by atoms with E-state index in [1.807, 2.05) is 0 Å². The fourth-order valence-corrected chi connectivity index (χ4v) is 2.70. The molecule has 0 heterocycles. The van der Waals surface area contributed by atoms with Crippen molar-refractivity contribution in [1.29, 1.82) is 0 Å². The van der Waals surface area contributed by atoms with Gasteiger partial charge in [-0.3, -0.25) is 10.1 Å². The van der Waals surface area contributed by atoms with Crippen LogP contribution in [0.5, 0.6) is 11.5 Å². The molecule has 0 aliphatic heterocycles. The number of nitrogens with two attached hydrogens (primary N) is 1. The summed E-state index contributed by atoms with van der Waals surface area (Å²) in [5, 5.41) is 10.8. The second kappa shape index (κ2) is 6.62. The topological polar surface area (TPSA) is 78.4 Å². The van der Waals surface area contributed by atoms with Gasteiger partial charge in [0.25, 0.3) is 5.69 Å². The number of hydrogen-bond acceptors (Lipinski definition) is 4. The summed E-state index contributed by atoms with van der Waals surface area (Å²) in [6, 6.07) is 7.60. The highest BCUT2D eigenvalue weighted by atomic mass is 79.9. The Bertz CT molecular complexity index is 687. The van der Waals surface area contributed by atoms with Crippen molar-refractivity contribution in [3.05, 3.63) is 60.5 Å². The fourth-order valence-electron chi connectivity index (χ4n) is 1.62. The zero-order valence-corrected chi connectivity index (χ0v) is 13.6. The maximum atomic E-state index is 10.7. The van der Waals surface area contributed by atoms with Gasteiger partial charge in [-0.15, -0.1) is 0 Å². The Morgan fingerprint density at radius 3 is 2.33 bits per heavy atom. The molecular weight excluding hydrogens is 383 g/mol. The molecule has 0 fully saturated rings. The molecule has 8 heteroatoms. The summed E-state index contributed by atoms with van der Waals surface area (Å²) in [5.41, 5.74) is 6.29. The lowest BCUT2D eigenvalue weighted by molar-refractivity contribution is -0.384. The van der Waals surface area contributed by atoms with Crippen LogP contribution >= 0.6 is 39.1 Å². The summed E-state index contributed by atoms with van der Waals surface area (Å²) < 4.78 is 6.39. The van der Waals surface area contributed by atoms with Gasteiger partial charge in [0.2, 0.25) is 0 Å². The van der Waals surface area contributed by atoms with E-state index < -0.39 is 4.92 Å². The summed E-state index contributed by atoms with van der Waals surface area (Å²) >= 11 is 15.3. The van der Waals surface area contributed by atoms with Crippen molar-refractivity contribution < 1.29 is 9.66 Å². The summed E-state index contributed by atoms with van der Waals surface area (Å²) in [6.45, 7) is 0.389. The smallest absolute Gasteiger partial charge is 0.272 e. The van der Waals surface area contributed by atoms with Gasteiger partial charge in [-0.2, -0.15) is 0 Å². The predicted octanol–water partition coefficient (Wildman–Crippen LogP) is 4.92. The van der Waals surface area contributed by atoms with Gasteiger partial charge >= 0.3 is 0 Å². The first-order chi connectivity index (χ1) is 9.92. The molecule has 0 saturated carbocycles. The van der Waals surface area contributed by atoms with Gasteiger partial charge in [0.05, 0.1) is 15.0 Å². The molecular formula is C13H9BrCl2N2O3. The summed E-state index contributed by atoms with van der Waals surface area (Å²) in [6.07, 6.45) is 0. The Hall–Kier alpha value is -1.34. The van der Waals surface area contributed by atoms with E-state index >= 15 is 0 Å². The zero-order valence-electron chi connectivity index (χ0n) is 10.5. The van der Waals surface area contributed by atoms with Gasteiger partial charge in [-0.05, 0) is 17.7 Å². The molecule has 2 aromatic rings. The second-order valence-electron chi connectivity index (χ2n) is 4.06.